The van der Waals surface area contributed by atoms with E-state index in [2.05, 4.69) is 4.90 Å². The highest BCUT2D eigenvalue weighted by Gasteiger charge is 2.33. The van der Waals surface area contributed by atoms with Crippen LogP contribution in [-0.2, 0) is 40.3 Å². The molecule has 0 aliphatic carbocycles. The van der Waals surface area contributed by atoms with E-state index in [1.165, 1.54) is 18.2 Å². The van der Waals surface area contributed by atoms with Crippen molar-refractivity contribution in [1.82, 2.24) is 24.1 Å². The van der Waals surface area contributed by atoms with Crippen LogP contribution >= 0.6 is 0 Å². The Bertz CT molecular complexity index is 2290. The molecule has 13 heteroatoms. The van der Waals surface area contributed by atoms with Crippen LogP contribution in [0.4, 0.5) is 13.6 Å². The molecule has 5 aromatic rings. The molecule has 0 bridgehead atoms. The number of aryl methyl sites for hydroxylation is 2. The second-order valence-corrected chi connectivity index (χ2v) is 16.9. The van der Waals surface area contributed by atoms with E-state index in [0.717, 1.165) is 27.4 Å². The zero-order valence-corrected chi connectivity index (χ0v) is 34.0. The van der Waals surface area contributed by atoms with Crippen LogP contribution in [0.3, 0.4) is 0 Å². The minimum Gasteiger partial charge on any atom is -0.493 e. The number of hydrogen-bond acceptors (Lipinski definition) is 8. The van der Waals surface area contributed by atoms with E-state index in [-0.39, 0.29) is 11.9 Å². The summed E-state index contributed by atoms with van der Waals surface area (Å²) >= 11 is 0. The molecule has 2 aromatic heterocycles. The van der Waals surface area contributed by atoms with Gasteiger partial charge in [0, 0.05) is 61.2 Å². The summed E-state index contributed by atoms with van der Waals surface area (Å²) < 4.78 is 58.2. The molecule has 2 aliphatic rings. The van der Waals surface area contributed by atoms with E-state index in [0.29, 0.717) is 112 Å². The van der Waals surface area contributed by atoms with Gasteiger partial charge in [-0.05, 0) is 109 Å². The zero-order chi connectivity index (χ0) is 40.6. The highest BCUT2D eigenvalue weighted by molar-refractivity contribution is 6.05. The summed E-state index contributed by atoms with van der Waals surface area (Å²) in [6.45, 7) is 17.7. The van der Waals surface area contributed by atoms with Gasteiger partial charge in [-0.25, -0.2) is 18.4 Å². The Labute approximate surface area is 332 Å². The molecule has 2 aliphatic heterocycles. The number of fused-ring (bicyclic) bond motifs is 3. The van der Waals surface area contributed by atoms with Crippen molar-refractivity contribution in [3.8, 4) is 16.9 Å². The van der Waals surface area contributed by atoms with Gasteiger partial charge in [0.2, 0.25) is 0 Å². The van der Waals surface area contributed by atoms with Gasteiger partial charge in [-0.2, -0.15) is 5.10 Å². The Hall–Kier alpha value is -5.01. The number of halogens is 2. The van der Waals surface area contributed by atoms with Crippen molar-refractivity contribution in [3.05, 3.63) is 82.8 Å². The summed E-state index contributed by atoms with van der Waals surface area (Å²) in [5.41, 5.74) is 2.84. The molecular weight excluding hydrogens is 733 g/mol. The second-order valence-electron chi connectivity index (χ2n) is 16.9. The predicted octanol–water partition coefficient (Wildman–Crippen LogP) is 8.29. The van der Waals surface area contributed by atoms with Gasteiger partial charge in [-0.3, -0.25) is 9.58 Å². The fourth-order valence-electron chi connectivity index (χ4n) is 7.88. The molecule has 0 N–H and O–H groups in total. The number of carbonyl (C=O) groups is 2. The Morgan fingerprint density at radius 2 is 1.60 bits per heavy atom. The van der Waals surface area contributed by atoms with Gasteiger partial charge in [0.05, 0.1) is 43.3 Å². The van der Waals surface area contributed by atoms with Crippen LogP contribution in [0.15, 0.2) is 48.5 Å². The van der Waals surface area contributed by atoms with Gasteiger partial charge in [0.1, 0.15) is 34.3 Å². The molecule has 57 heavy (non-hydrogen) atoms. The highest BCUT2D eigenvalue weighted by Crippen LogP contribution is 2.41. The Morgan fingerprint density at radius 1 is 0.860 bits per heavy atom. The number of piperazine rings is 1. The summed E-state index contributed by atoms with van der Waals surface area (Å²) in [6.07, 6.45) is 0.630. The quantitative estimate of drug-likeness (QED) is 0.103. The summed E-state index contributed by atoms with van der Waals surface area (Å²) in [5, 5.41) is 7.08. The van der Waals surface area contributed by atoms with Crippen LogP contribution in [0, 0.1) is 18.6 Å². The molecule has 11 nitrogen and oxygen atoms in total. The van der Waals surface area contributed by atoms with Crippen LogP contribution < -0.4 is 4.74 Å². The molecule has 0 spiro atoms. The average molecular weight is 786 g/mol. The standard InChI is InChI=1S/C44H53F2N5O6/c1-28-37(35-27-54-25-23-51(35)47-28)38-34(46)16-15-33-32(11-9-24-55-36-12-8-10-29-26-30(45)13-14-31(29)36)40(41(52)56-43(2,3)4)50(39(33)38)22-19-48-17-20-49(21-18-48)42(53)57-44(5,6)7/h8,10,12-16,26H,9,11,17-25,27H2,1-7H3. The molecule has 0 saturated carbocycles. The maximum atomic E-state index is 16.6. The maximum Gasteiger partial charge on any atom is 0.410 e. The molecule has 304 valence electrons. The fourth-order valence-corrected chi connectivity index (χ4v) is 7.88. The van der Waals surface area contributed by atoms with Crippen molar-refractivity contribution in [2.45, 2.75) is 92.2 Å². The lowest BCUT2D eigenvalue weighted by Gasteiger charge is -2.35. The van der Waals surface area contributed by atoms with Gasteiger partial charge in [-0.15, -0.1) is 0 Å². The number of esters is 1. The fraction of sp³-hybridized carbons (Fsp3) is 0.477. The van der Waals surface area contributed by atoms with Crippen molar-refractivity contribution in [1.29, 1.82) is 0 Å². The number of benzene rings is 3. The van der Waals surface area contributed by atoms with Crippen molar-refractivity contribution in [2.75, 3.05) is 45.9 Å². The minimum absolute atomic E-state index is 0.290. The first-order valence-corrected chi connectivity index (χ1v) is 19.8. The second kappa shape index (κ2) is 16.1. The summed E-state index contributed by atoms with van der Waals surface area (Å²) in [6, 6.07) is 13.4. The van der Waals surface area contributed by atoms with Crippen molar-refractivity contribution < 1.29 is 37.3 Å². The van der Waals surface area contributed by atoms with Crippen LogP contribution in [0.1, 0.15) is 75.4 Å². The lowest BCUT2D eigenvalue weighted by Crippen LogP contribution is -2.50. The van der Waals surface area contributed by atoms with Gasteiger partial charge in [-0.1, -0.05) is 12.1 Å². The van der Waals surface area contributed by atoms with Crippen LogP contribution in [0.5, 0.6) is 5.75 Å². The summed E-state index contributed by atoms with van der Waals surface area (Å²) in [7, 11) is 0. The first-order chi connectivity index (χ1) is 27.1. The monoisotopic (exact) mass is 785 g/mol. The molecule has 1 fully saturated rings. The average Bonchev–Trinajstić information content (AvgIpc) is 3.64. The van der Waals surface area contributed by atoms with Gasteiger partial charge < -0.3 is 28.4 Å². The topological polar surface area (TPSA) is 100 Å². The van der Waals surface area contributed by atoms with E-state index in [4.69, 9.17) is 24.0 Å². The molecule has 3 aromatic carbocycles. The van der Waals surface area contributed by atoms with Crippen molar-refractivity contribution in [2.24, 2.45) is 0 Å². The van der Waals surface area contributed by atoms with Gasteiger partial charge >= 0.3 is 12.1 Å². The number of nitrogens with zero attached hydrogens (tertiary/aromatic N) is 5. The third-order valence-corrected chi connectivity index (χ3v) is 10.3. The van der Waals surface area contributed by atoms with E-state index in [9.17, 15) is 14.0 Å². The number of ether oxygens (including phenoxy) is 4. The van der Waals surface area contributed by atoms with Gasteiger partial charge in [0.15, 0.2) is 0 Å². The maximum absolute atomic E-state index is 16.6. The first-order valence-electron chi connectivity index (χ1n) is 19.8. The molecule has 0 unspecified atom stereocenters. The lowest BCUT2D eigenvalue weighted by molar-refractivity contribution is 0.00509. The number of amides is 1. The SMILES string of the molecule is Cc1nn2c(c1-c1c(F)ccc3c(CCCOc4cccc5cc(F)ccc45)c(C(=O)OC(C)(C)C)n(CCN4CCN(C(=O)OC(C)(C)C)CC4)c13)COCC2. The van der Waals surface area contributed by atoms with Crippen LogP contribution in [0.25, 0.3) is 32.8 Å². The molecule has 1 amide bonds. The third-order valence-electron chi connectivity index (χ3n) is 10.3. The number of hydrogen-bond donors (Lipinski definition) is 0. The number of carbonyl (C=O) groups excluding carboxylic acids is 2. The molecule has 7 rings (SSSR count). The normalized spacial score (nSPS) is 15.3. The Kier molecular flexibility index (Phi) is 11.3. The molecular formula is C44H53F2N5O6. The molecule has 1 saturated heterocycles. The number of rotatable bonds is 10. The largest absolute Gasteiger partial charge is 0.493 e. The minimum atomic E-state index is -0.794. The molecule has 0 radical (unpaired) electrons. The van der Waals surface area contributed by atoms with E-state index in [1.807, 2.05) is 75.9 Å². The smallest absolute Gasteiger partial charge is 0.410 e. The van der Waals surface area contributed by atoms with Crippen LogP contribution in [0.2, 0.25) is 0 Å². The highest BCUT2D eigenvalue weighted by atomic mass is 19.1. The van der Waals surface area contributed by atoms with E-state index >= 15 is 4.39 Å². The van der Waals surface area contributed by atoms with Crippen molar-refractivity contribution in [3.63, 3.8) is 0 Å². The Balaban J connectivity index is 1.27. The summed E-state index contributed by atoms with van der Waals surface area (Å²) in [5.74, 6) is -0.593. The predicted molar refractivity (Wildman–Crippen MR) is 215 cm³/mol. The van der Waals surface area contributed by atoms with Crippen LogP contribution in [-0.4, -0.2) is 93.3 Å². The van der Waals surface area contributed by atoms with E-state index < -0.39 is 23.0 Å². The third kappa shape index (κ3) is 8.79. The molecule has 4 heterocycles. The lowest BCUT2D eigenvalue weighted by atomic mass is 9.97. The van der Waals surface area contributed by atoms with Gasteiger partial charge in [0.25, 0.3) is 0 Å². The Morgan fingerprint density at radius 3 is 2.33 bits per heavy atom. The van der Waals surface area contributed by atoms with E-state index in [1.54, 1.807) is 17.0 Å². The number of aromatic nitrogens is 3. The zero-order valence-electron chi connectivity index (χ0n) is 34.0. The van der Waals surface area contributed by atoms with Crippen molar-refractivity contribution >= 4 is 33.7 Å². The first kappa shape index (κ1) is 40.2. The summed E-state index contributed by atoms with van der Waals surface area (Å²) in [4.78, 5) is 31.2. The molecule has 0 atom stereocenters.